The molecule has 0 saturated heterocycles. The van der Waals surface area contributed by atoms with E-state index in [4.69, 9.17) is 0 Å². The van der Waals surface area contributed by atoms with Crippen molar-refractivity contribution < 1.29 is 4.79 Å². The van der Waals surface area contributed by atoms with Crippen molar-refractivity contribution in [2.24, 2.45) is 4.99 Å². The molecule has 1 amide bonds. The van der Waals surface area contributed by atoms with Crippen molar-refractivity contribution in [2.75, 3.05) is 26.2 Å². The minimum atomic E-state index is -0.0224. The summed E-state index contributed by atoms with van der Waals surface area (Å²) >= 11 is 5.26. The molecule has 1 rings (SSSR count). The highest BCUT2D eigenvalue weighted by Crippen LogP contribution is 2.33. The first-order valence-electron chi connectivity index (χ1n) is 8.03. The molecule has 0 aliphatic heterocycles. The van der Waals surface area contributed by atoms with Crippen molar-refractivity contribution in [2.45, 2.75) is 37.3 Å². The summed E-state index contributed by atoms with van der Waals surface area (Å²) in [6.45, 7) is 10.6. The average Bonchev–Trinajstić information content (AvgIpc) is 2.51. The van der Waals surface area contributed by atoms with Crippen LogP contribution in [-0.2, 0) is 4.79 Å². The van der Waals surface area contributed by atoms with Crippen LogP contribution < -0.4 is 16.0 Å². The van der Waals surface area contributed by atoms with Crippen molar-refractivity contribution in [1.29, 1.82) is 0 Å². The molecular formula is C17H27BrN4OS. The molecule has 5 nitrogen and oxygen atoms in total. The number of guanidine groups is 1. The molecule has 7 heteroatoms. The summed E-state index contributed by atoms with van der Waals surface area (Å²) in [7, 11) is 0. The van der Waals surface area contributed by atoms with Gasteiger partial charge in [-0.25, -0.2) is 0 Å². The standard InChI is InChI=1S/C17H27BrN4OS/c1-5-19-16(21-11-10-20-13(2)23)22-12-17(3,4)24-15-8-6-14(18)7-9-15/h6-9H,5,10-12H2,1-4H3,(H,20,23)(H2,19,21,22). The van der Waals surface area contributed by atoms with E-state index in [0.717, 1.165) is 17.0 Å². The van der Waals surface area contributed by atoms with Gasteiger partial charge in [-0.05, 0) is 45.0 Å². The van der Waals surface area contributed by atoms with Gasteiger partial charge in [0, 0.05) is 40.7 Å². The Labute approximate surface area is 157 Å². The maximum atomic E-state index is 10.9. The molecule has 0 spiro atoms. The molecule has 0 aliphatic carbocycles. The van der Waals surface area contributed by atoms with Gasteiger partial charge >= 0.3 is 0 Å². The van der Waals surface area contributed by atoms with Crippen LogP contribution in [0.2, 0.25) is 0 Å². The van der Waals surface area contributed by atoms with Gasteiger partial charge in [0.15, 0.2) is 5.96 Å². The van der Waals surface area contributed by atoms with Crippen LogP contribution in [-0.4, -0.2) is 42.8 Å². The first-order chi connectivity index (χ1) is 11.3. The zero-order chi connectivity index (χ0) is 18.0. The smallest absolute Gasteiger partial charge is 0.216 e. The summed E-state index contributed by atoms with van der Waals surface area (Å²) < 4.78 is 1.06. The van der Waals surface area contributed by atoms with Gasteiger partial charge in [-0.15, -0.1) is 11.8 Å². The zero-order valence-electron chi connectivity index (χ0n) is 14.8. The number of benzene rings is 1. The Hall–Kier alpha value is -1.21. The zero-order valence-corrected chi connectivity index (χ0v) is 17.2. The fourth-order valence-corrected chi connectivity index (χ4v) is 3.19. The molecule has 0 aromatic heterocycles. The van der Waals surface area contributed by atoms with Crippen LogP contribution in [0.25, 0.3) is 0 Å². The second-order valence-electron chi connectivity index (χ2n) is 5.92. The van der Waals surface area contributed by atoms with Gasteiger partial charge < -0.3 is 16.0 Å². The number of carbonyl (C=O) groups excluding carboxylic acids is 1. The van der Waals surface area contributed by atoms with Gasteiger partial charge in [0.05, 0.1) is 6.54 Å². The molecule has 24 heavy (non-hydrogen) atoms. The number of halogens is 1. The number of hydrogen-bond donors (Lipinski definition) is 3. The molecule has 0 heterocycles. The minimum Gasteiger partial charge on any atom is -0.357 e. The lowest BCUT2D eigenvalue weighted by atomic mass is 10.2. The fourth-order valence-electron chi connectivity index (χ4n) is 1.88. The lowest BCUT2D eigenvalue weighted by Crippen LogP contribution is -2.42. The summed E-state index contributed by atoms with van der Waals surface area (Å²) in [4.78, 5) is 16.8. The maximum absolute atomic E-state index is 10.9. The summed E-state index contributed by atoms with van der Waals surface area (Å²) in [5, 5.41) is 9.21. The van der Waals surface area contributed by atoms with Gasteiger partial charge in [0.1, 0.15) is 0 Å². The van der Waals surface area contributed by atoms with E-state index in [1.807, 2.05) is 6.92 Å². The molecule has 0 bridgehead atoms. The van der Waals surface area contributed by atoms with Crippen LogP contribution in [0, 0.1) is 0 Å². The van der Waals surface area contributed by atoms with Gasteiger partial charge in [-0.3, -0.25) is 9.79 Å². The Bertz CT molecular complexity index is 546. The molecule has 0 atom stereocenters. The predicted octanol–water partition coefficient (Wildman–Crippen LogP) is 3.01. The summed E-state index contributed by atoms with van der Waals surface area (Å²) in [6.07, 6.45) is 0. The van der Waals surface area contributed by atoms with Crippen molar-refractivity contribution >= 4 is 39.6 Å². The molecule has 3 N–H and O–H groups in total. The number of thioether (sulfide) groups is 1. The quantitative estimate of drug-likeness (QED) is 0.264. The highest BCUT2D eigenvalue weighted by Gasteiger charge is 2.19. The van der Waals surface area contributed by atoms with Gasteiger partial charge in [-0.2, -0.15) is 0 Å². The largest absolute Gasteiger partial charge is 0.357 e. The Balaban J connectivity index is 2.55. The molecule has 1 aromatic rings. The van der Waals surface area contributed by atoms with E-state index < -0.39 is 0 Å². The number of aliphatic imine (C=N–C) groups is 1. The van der Waals surface area contributed by atoms with Gasteiger partial charge in [0.2, 0.25) is 5.91 Å². The Morgan fingerprint density at radius 2 is 1.79 bits per heavy atom. The molecule has 0 aliphatic rings. The van der Waals surface area contributed by atoms with Gasteiger partial charge in [-0.1, -0.05) is 15.9 Å². The number of carbonyl (C=O) groups is 1. The van der Waals surface area contributed by atoms with Crippen molar-refractivity contribution in [3.05, 3.63) is 28.7 Å². The highest BCUT2D eigenvalue weighted by molar-refractivity contribution is 9.10. The topological polar surface area (TPSA) is 65.5 Å². The van der Waals surface area contributed by atoms with E-state index in [1.54, 1.807) is 11.8 Å². The van der Waals surface area contributed by atoms with E-state index in [9.17, 15) is 4.79 Å². The predicted molar refractivity (Wildman–Crippen MR) is 107 cm³/mol. The van der Waals surface area contributed by atoms with E-state index in [0.29, 0.717) is 19.6 Å². The van der Waals surface area contributed by atoms with Gasteiger partial charge in [0.25, 0.3) is 0 Å². The van der Waals surface area contributed by atoms with Crippen LogP contribution >= 0.6 is 27.7 Å². The highest BCUT2D eigenvalue weighted by atomic mass is 79.9. The number of amides is 1. The monoisotopic (exact) mass is 414 g/mol. The fraction of sp³-hybridized carbons (Fsp3) is 0.529. The third-order valence-electron chi connectivity index (χ3n) is 2.96. The molecular weight excluding hydrogens is 388 g/mol. The molecule has 0 unspecified atom stereocenters. The molecule has 0 fully saturated rings. The van der Waals surface area contributed by atoms with Crippen LogP contribution in [0.3, 0.4) is 0 Å². The second-order valence-corrected chi connectivity index (χ2v) is 8.62. The Kier molecular flexibility index (Phi) is 9.21. The normalized spacial score (nSPS) is 12.0. The number of hydrogen-bond acceptors (Lipinski definition) is 3. The van der Waals surface area contributed by atoms with E-state index in [-0.39, 0.29) is 10.7 Å². The number of nitrogens with one attached hydrogen (secondary N) is 3. The van der Waals surface area contributed by atoms with Crippen LogP contribution in [0.1, 0.15) is 27.7 Å². The average molecular weight is 415 g/mol. The number of nitrogens with zero attached hydrogens (tertiary/aromatic N) is 1. The van der Waals surface area contributed by atoms with Crippen molar-refractivity contribution in [1.82, 2.24) is 16.0 Å². The second kappa shape index (κ2) is 10.6. The lowest BCUT2D eigenvalue weighted by Gasteiger charge is -2.23. The first-order valence-corrected chi connectivity index (χ1v) is 9.64. The van der Waals surface area contributed by atoms with Crippen LogP contribution in [0.15, 0.2) is 38.6 Å². The lowest BCUT2D eigenvalue weighted by molar-refractivity contribution is -0.118. The molecule has 134 valence electrons. The van der Waals surface area contributed by atoms with E-state index >= 15 is 0 Å². The molecule has 0 radical (unpaired) electrons. The third-order valence-corrected chi connectivity index (χ3v) is 4.68. The molecule has 1 aromatic carbocycles. The molecule has 0 saturated carbocycles. The Morgan fingerprint density at radius 1 is 1.17 bits per heavy atom. The maximum Gasteiger partial charge on any atom is 0.216 e. The summed E-state index contributed by atoms with van der Waals surface area (Å²) in [5.74, 6) is 0.748. The minimum absolute atomic E-state index is 0.0200. The van der Waals surface area contributed by atoms with E-state index in [2.05, 4.69) is 75.0 Å². The Morgan fingerprint density at radius 3 is 2.38 bits per heavy atom. The van der Waals surface area contributed by atoms with Crippen molar-refractivity contribution in [3.8, 4) is 0 Å². The van der Waals surface area contributed by atoms with E-state index in [1.165, 1.54) is 11.8 Å². The first kappa shape index (κ1) is 20.8. The SMILES string of the molecule is CCNC(=NCC(C)(C)Sc1ccc(Br)cc1)NCCNC(C)=O. The third kappa shape index (κ3) is 9.17. The van der Waals surface area contributed by atoms with Crippen LogP contribution in [0.4, 0.5) is 0 Å². The number of rotatable bonds is 8. The summed E-state index contributed by atoms with van der Waals surface area (Å²) in [5.41, 5.74) is 0. The van der Waals surface area contributed by atoms with Crippen molar-refractivity contribution in [3.63, 3.8) is 0 Å². The summed E-state index contributed by atoms with van der Waals surface area (Å²) in [6, 6.07) is 8.32. The van der Waals surface area contributed by atoms with Crippen LogP contribution in [0.5, 0.6) is 0 Å².